The first-order chi connectivity index (χ1) is 11.7. The van der Waals surface area contributed by atoms with Gasteiger partial charge in [-0.15, -0.1) is 0 Å². The lowest BCUT2D eigenvalue weighted by Gasteiger charge is -2.26. The van der Waals surface area contributed by atoms with Gasteiger partial charge in [0.25, 0.3) is 5.91 Å². The van der Waals surface area contributed by atoms with Crippen molar-refractivity contribution < 1.29 is 9.32 Å². The molecule has 1 N–H and O–H groups in total. The maximum Gasteiger partial charge on any atom is 0.261 e. The third kappa shape index (κ3) is 3.99. The quantitative estimate of drug-likeness (QED) is 0.900. The zero-order valence-electron chi connectivity index (χ0n) is 14.2. The highest BCUT2D eigenvalue weighted by atomic mass is 32.2. The summed E-state index contributed by atoms with van der Waals surface area (Å²) >= 11 is 2.01. The second kappa shape index (κ2) is 7.85. The van der Waals surface area contributed by atoms with Crippen LogP contribution in [-0.4, -0.2) is 40.6 Å². The van der Waals surface area contributed by atoms with Crippen molar-refractivity contribution in [3.8, 4) is 0 Å². The van der Waals surface area contributed by atoms with E-state index in [2.05, 4.69) is 21.4 Å². The number of aromatic nitrogens is 1. The fourth-order valence-corrected chi connectivity index (χ4v) is 3.89. The molecule has 0 radical (unpaired) electrons. The van der Waals surface area contributed by atoms with Crippen LogP contribution < -0.4 is 5.32 Å². The Labute approximate surface area is 146 Å². The standard InChI is InChI=1S/C18H23N3O2S/c1-3-16-17(13(2)23-20-16)18(22)19-15-6-4-5-14(11-15)12-21-7-9-24-10-8-21/h4-6,11H,3,7-10,12H2,1-2H3,(H,19,22). The largest absolute Gasteiger partial charge is 0.361 e. The summed E-state index contributed by atoms with van der Waals surface area (Å²) < 4.78 is 5.15. The van der Waals surface area contributed by atoms with Crippen molar-refractivity contribution in [1.29, 1.82) is 0 Å². The van der Waals surface area contributed by atoms with Crippen molar-refractivity contribution in [2.75, 3.05) is 29.9 Å². The minimum absolute atomic E-state index is 0.155. The number of thioether (sulfide) groups is 1. The van der Waals surface area contributed by atoms with Gasteiger partial charge in [0.1, 0.15) is 11.3 Å². The molecule has 2 aromatic rings. The highest BCUT2D eigenvalue weighted by molar-refractivity contribution is 7.99. The van der Waals surface area contributed by atoms with Crippen molar-refractivity contribution >= 4 is 23.4 Å². The van der Waals surface area contributed by atoms with Crippen LogP contribution in [0, 0.1) is 6.92 Å². The normalized spacial score (nSPS) is 15.4. The second-order valence-corrected chi connectivity index (χ2v) is 7.18. The van der Waals surface area contributed by atoms with Crippen LogP contribution in [0.25, 0.3) is 0 Å². The molecule has 0 saturated carbocycles. The Morgan fingerprint density at radius 1 is 1.38 bits per heavy atom. The van der Waals surface area contributed by atoms with Crippen LogP contribution in [-0.2, 0) is 13.0 Å². The first kappa shape index (κ1) is 17.0. The van der Waals surface area contributed by atoms with Crippen LogP contribution in [0.5, 0.6) is 0 Å². The number of anilines is 1. The highest BCUT2D eigenvalue weighted by Gasteiger charge is 2.19. The molecule has 24 heavy (non-hydrogen) atoms. The lowest BCUT2D eigenvalue weighted by Crippen LogP contribution is -2.31. The summed E-state index contributed by atoms with van der Waals surface area (Å²) in [6.45, 7) is 6.91. The Bertz CT molecular complexity index is 708. The number of carbonyl (C=O) groups is 1. The van der Waals surface area contributed by atoms with E-state index in [4.69, 9.17) is 4.52 Å². The van der Waals surface area contributed by atoms with Gasteiger partial charge in [-0.1, -0.05) is 24.2 Å². The number of benzene rings is 1. The molecule has 1 aliphatic rings. The van der Waals surface area contributed by atoms with Gasteiger partial charge in [-0.3, -0.25) is 9.69 Å². The monoisotopic (exact) mass is 345 g/mol. The summed E-state index contributed by atoms with van der Waals surface area (Å²) in [6, 6.07) is 8.07. The average Bonchev–Trinajstić information content (AvgIpc) is 2.97. The number of amides is 1. The molecule has 0 spiro atoms. The van der Waals surface area contributed by atoms with Crippen LogP contribution in [0.1, 0.15) is 34.3 Å². The Morgan fingerprint density at radius 2 is 2.17 bits per heavy atom. The van der Waals surface area contributed by atoms with Gasteiger partial charge in [0.2, 0.25) is 0 Å². The van der Waals surface area contributed by atoms with E-state index in [9.17, 15) is 4.79 Å². The second-order valence-electron chi connectivity index (χ2n) is 5.96. The van der Waals surface area contributed by atoms with Gasteiger partial charge in [0.15, 0.2) is 0 Å². The number of aryl methyl sites for hydroxylation is 2. The van der Waals surface area contributed by atoms with Crippen LogP contribution in [0.4, 0.5) is 5.69 Å². The molecular weight excluding hydrogens is 322 g/mol. The van der Waals surface area contributed by atoms with Crippen molar-refractivity contribution in [1.82, 2.24) is 10.1 Å². The molecule has 0 unspecified atom stereocenters. The van der Waals surface area contributed by atoms with E-state index in [0.29, 0.717) is 23.4 Å². The van der Waals surface area contributed by atoms with Crippen LogP contribution >= 0.6 is 11.8 Å². The van der Waals surface area contributed by atoms with Crippen molar-refractivity contribution in [2.45, 2.75) is 26.8 Å². The van der Waals surface area contributed by atoms with Gasteiger partial charge >= 0.3 is 0 Å². The molecule has 0 bridgehead atoms. The summed E-state index contributed by atoms with van der Waals surface area (Å²) in [5.74, 6) is 2.80. The Balaban J connectivity index is 1.69. The predicted molar refractivity (Wildman–Crippen MR) is 97.6 cm³/mol. The van der Waals surface area contributed by atoms with E-state index in [0.717, 1.165) is 25.3 Å². The fraction of sp³-hybridized carbons (Fsp3) is 0.444. The third-order valence-electron chi connectivity index (χ3n) is 4.19. The fourth-order valence-electron chi connectivity index (χ4n) is 2.91. The van der Waals surface area contributed by atoms with Crippen LogP contribution in [0.15, 0.2) is 28.8 Å². The number of hydrogen-bond donors (Lipinski definition) is 1. The molecule has 128 valence electrons. The first-order valence-electron chi connectivity index (χ1n) is 8.33. The van der Waals surface area contributed by atoms with E-state index >= 15 is 0 Å². The van der Waals surface area contributed by atoms with Gasteiger partial charge in [-0.2, -0.15) is 11.8 Å². The average molecular weight is 345 g/mol. The molecular formula is C18H23N3O2S. The summed E-state index contributed by atoms with van der Waals surface area (Å²) in [6.07, 6.45) is 0.674. The van der Waals surface area contributed by atoms with Crippen molar-refractivity contribution in [2.24, 2.45) is 0 Å². The Kier molecular flexibility index (Phi) is 5.58. The number of carbonyl (C=O) groups excluding carboxylic acids is 1. The van der Waals surface area contributed by atoms with Crippen LogP contribution in [0.3, 0.4) is 0 Å². The topological polar surface area (TPSA) is 58.4 Å². The number of rotatable bonds is 5. The molecule has 1 aromatic heterocycles. The lowest BCUT2D eigenvalue weighted by molar-refractivity contribution is 0.102. The van der Waals surface area contributed by atoms with Gasteiger partial charge in [-0.05, 0) is 31.0 Å². The molecule has 3 rings (SSSR count). The third-order valence-corrected chi connectivity index (χ3v) is 5.13. The zero-order valence-corrected chi connectivity index (χ0v) is 15.0. The van der Waals surface area contributed by atoms with E-state index in [1.807, 2.05) is 36.9 Å². The summed E-state index contributed by atoms with van der Waals surface area (Å²) in [7, 11) is 0. The Hall–Kier alpha value is -1.79. The molecule has 0 atom stereocenters. The molecule has 1 aromatic carbocycles. The molecule has 1 fully saturated rings. The molecule has 1 aliphatic heterocycles. The van der Waals surface area contributed by atoms with Crippen LogP contribution in [0.2, 0.25) is 0 Å². The lowest BCUT2D eigenvalue weighted by atomic mass is 10.1. The first-order valence-corrected chi connectivity index (χ1v) is 9.48. The Morgan fingerprint density at radius 3 is 2.92 bits per heavy atom. The molecule has 1 amide bonds. The van der Waals surface area contributed by atoms with E-state index in [1.165, 1.54) is 17.1 Å². The van der Waals surface area contributed by atoms with Gasteiger partial charge in [0, 0.05) is 36.8 Å². The highest BCUT2D eigenvalue weighted by Crippen LogP contribution is 2.19. The van der Waals surface area contributed by atoms with Gasteiger partial charge in [-0.25, -0.2) is 0 Å². The van der Waals surface area contributed by atoms with E-state index in [-0.39, 0.29) is 5.91 Å². The predicted octanol–water partition coefficient (Wildman–Crippen LogP) is 3.35. The summed E-state index contributed by atoms with van der Waals surface area (Å²) in [4.78, 5) is 15.0. The maximum atomic E-state index is 12.6. The minimum Gasteiger partial charge on any atom is -0.361 e. The van der Waals surface area contributed by atoms with Gasteiger partial charge < -0.3 is 9.84 Å². The van der Waals surface area contributed by atoms with E-state index in [1.54, 1.807) is 6.92 Å². The molecule has 2 heterocycles. The molecule has 5 nitrogen and oxygen atoms in total. The number of nitrogens with zero attached hydrogens (tertiary/aromatic N) is 2. The van der Waals surface area contributed by atoms with Crippen molar-refractivity contribution in [3.63, 3.8) is 0 Å². The summed E-state index contributed by atoms with van der Waals surface area (Å²) in [5, 5.41) is 6.92. The van der Waals surface area contributed by atoms with E-state index < -0.39 is 0 Å². The minimum atomic E-state index is -0.155. The number of nitrogens with one attached hydrogen (secondary N) is 1. The maximum absolute atomic E-state index is 12.6. The SMILES string of the molecule is CCc1noc(C)c1C(=O)Nc1cccc(CN2CCSCC2)c1. The summed E-state index contributed by atoms with van der Waals surface area (Å²) in [5.41, 5.74) is 3.28. The number of hydrogen-bond acceptors (Lipinski definition) is 5. The smallest absolute Gasteiger partial charge is 0.261 e. The molecule has 6 heteroatoms. The van der Waals surface area contributed by atoms with Crippen molar-refractivity contribution in [3.05, 3.63) is 46.8 Å². The molecule has 0 aliphatic carbocycles. The molecule has 1 saturated heterocycles. The zero-order chi connectivity index (χ0) is 16.9. The van der Waals surface area contributed by atoms with Gasteiger partial charge in [0.05, 0.1) is 5.69 Å².